The molecule has 0 amide bonds. The van der Waals surface area contributed by atoms with E-state index >= 15 is 0 Å². The molecule has 0 aliphatic carbocycles. The number of ether oxygens (including phenoxy) is 1. The monoisotopic (exact) mass is 321 g/mol. The molecule has 1 aromatic heterocycles. The number of aromatic nitrogens is 2. The van der Waals surface area contributed by atoms with Crippen LogP contribution >= 0.6 is 0 Å². The molecule has 1 aliphatic heterocycles. The summed E-state index contributed by atoms with van der Waals surface area (Å²) in [5.41, 5.74) is 3.43. The van der Waals surface area contributed by atoms with E-state index in [0.29, 0.717) is 5.88 Å². The van der Waals surface area contributed by atoms with Crippen LogP contribution in [0.3, 0.4) is 0 Å². The first-order valence-corrected chi connectivity index (χ1v) is 8.32. The summed E-state index contributed by atoms with van der Waals surface area (Å²) in [5, 5.41) is 0. The zero-order valence-corrected chi connectivity index (χ0v) is 14.4. The molecule has 124 valence electrons. The Labute approximate surface area is 143 Å². The third-order valence-corrected chi connectivity index (χ3v) is 4.09. The predicted molar refractivity (Wildman–Crippen MR) is 97.3 cm³/mol. The lowest BCUT2D eigenvalue weighted by atomic mass is 10.00. The van der Waals surface area contributed by atoms with E-state index in [2.05, 4.69) is 58.2 Å². The summed E-state index contributed by atoms with van der Waals surface area (Å²) in [4.78, 5) is 11.1. The average Bonchev–Trinajstić information content (AvgIpc) is 2.62. The smallest absolute Gasteiger partial charge is 0.257 e. The van der Waals surface area contributed by atoms with E-state index in [1.54, 1.807) is 13.3 Å². The van der Waals surface area contributed by atoms with Crippen LogP contribution in [0.15, 0.2) is 54.9 Å². The average molecular weight is 321 g/mol. The molecule has 0 N–H and O–H groups in total. The Morgan fingerprint density at radius 1 is 1.17 bits per heavy atom. The Balaban J connectivity index is 1.95. The van der Waals surface area contributed by atoms with Gasteiger partial charge in [0.25, 0.3) is 5.88 Å². The number of aryl methyl sites for hydroxylation is 2. The quantitative estimate of drug-likeness (QED) is 0.819. The largest absolute Gasteiger partial charge is 0.478 e. The molecule has 0 radical (unpaired) electrons. The number of anilines is 1. The van der Waals surface area contributed by atoms with Crippen LogP contribution < -0.4 is 9.64 Å². The molecule has 4 heteroatoms. The fourth-order valence-electron chi connectivity index (χ4n) is 2.90. The van der Waals surface area contributed by atoms with Gasteiger partial charge < -0.3 is 9.64 Å². The van der Waals surface area contributed by atoms with Crippen LogP contribution in [0.5, 0.6) is 5.88 Å². The lowest BCUT2D eigenvalue weighted by Gasteiger charge is -2.30. The SMILES string of the molecule is CCCc1ccc(C2C=CC=CN2c2ncc(C)nc2OC)cc1. The van der Waals surface area contributed by atoms with Crippen molar-refractivity contribution in [1.82, 2.24) is 9.97 Å². The highest BCUT2D eigenvalue weighted by Crippen LogP contribution is 2.34. The Bertz CT molecular complexity index is 750. The predicted octanol–water partition coefficient (Wildman–Crippen LogP) is 4.38. The lowest BCUT2D eigenvalue weighted by Crippen LogP contribution is -2.25. The normalized spacial score (nSPS) is 16.5. The molecule has 0 fully saturated rings. The molecular weight excluding hydrogens is 298 g/mol. The van der Waals surface area contributed by atoms with Gasteiger partial charge in [-0.25, -0.2) is 9.97 Å². The maximum atomic E-state index is 5.44. The summed E-state index contributed by atoms with van der Waals surface area (Å²) in [6.07, 6.45) is 12.3. The second-order valence-electron chi connectivity index (χ2n) is 5.91. The highest BCUT2D eigenvalue weighted by Gasteiger charge is 2.23. The number of benzene rings is 1. The molecule has 0 saturated heterocycles. The summed E-state index contributed by atoms with van der Waals surface area (Å²) >= 11 is 0. The number of hydrogen-bond acceptors (Lipinski definition) is 4. The topological polar surface area (TPSA) is 38.2 Å². The van der Waals surface area contributed by atoms with Crippen molar-refractivity contribution >= 4 is 5.82 Å². The standard InChI is InChI=1S/C20H23N3O/c1-4-7-16-9-11-17(12-10-16)18-8-5-6-13-23(18)19-20(24-3)22-15(2)14-21-19/h5-6,8-14,18H,4,7H2,1-3H3. The van der Waals surface area contributed by atoms with Gasteiger partial charge in [-0.05, 0) is 30.5 Å². The van der Waals surface area contributed by atoms with Crippen LogP contribution in [-0.2, 0) is 6.42 Å². The van der Waals surface area contributed by atoms with Crippen molar-refractivity contribution in [2.75, 3.05) is 12.0 Å². The van der Waals surface area contributed by atoms with Crippen molar-refractivity contribution in [3.8, 4) is 5.88 Å². The van der Waals surface area contributed by atoms with Gasteiger partial charge >= 0.3 is 0 Å². The van der Waals surface area contributed by atoms with Crippen LogP contribution in [0.4, 0.5) is 5.82 Å². The first kappa shape index (κ1) is 16.2. The van der Waals surface area contributed by atoms with Gasteiger partial charge in [-0.3, -0.25) is 0 Å². The molecule has 1 unspecified atom stereocenters. The minimum Gasteiger partial charge on any atom is -0.478 e. The number of rotatable bonds is 5. The van der Waals surface area contributed by atoms with Crippen LogP contribution in [0.25, 0.3) is 0 Å². The maximum Gasteiger partial charge on any atom is 0.257 e. The van der Waals surface area contributed by atoms with Crippen LogP contribution in [0.1, 0.15) is 36.2 Å². The van der Waals surface area contributed by atoms with Gasteiger partial charge in [0.05, 0.1) is 25.0 Å². The molecule has 0 spiro atoms. The van der Waals surface area contributed by atoms with Crippen molar-refractivity contribution in [2.45, 2.75) is 32.7 Å². The summed E-state index contributed by atoms with van der Waals surface area (Å²) in [6, 6.07) is 8.89. The minimum absolute atomic E-state index is 0.0802. The second-order valence-corrected chi connectivity index (χ2v) is 5.91. The molecule has 0 saturated carbocycles. The Hall–Kier alpha value is -2.62. The van der Waals surface area contributed by atoms with Crippen molar-refractivity contribution in [3.05, 3.63) is 71.7 Å². The molecule has 2 aromatic rings. The minimum atomic E-state index is 0.0802. The van der Waals surface area contributed by atoms with E-state index in [-0.39, 0.29) is 6.04 Å². The van der Waals surface area contributed by atoms with Gasteiger partial charge in [0.1, 0.15) is 0 Å². The number of hydrogen-bond donors (Lipinski definition) is 0. The summed E-state index contributed by atoms with van der Waals surface area (Å²) < 4.78 is 5.44. The van der Waals surface area contributed by atoms with Gasteiger partial charge in [-0.15, -0.1) is 0 Å². The fraction of sp³-hybridized carbons (Fsp3) is 0.300. The lowest BCUT2D eigenvalue weighted by molar-refractivity contribution is 0.394. The van der Waals surface area contributed by atoms with Crippen LogP contribution in [-0.4, -0.2) is 17.1 Å². The van der Waals surface area contributed by atoms with Gasteiger partial charge in [0, 0.05) is 6.20 Å². The second kappa shape index (κ2) is 7.30. The Kier molecular flexibility index (Phi) is 4.94. The van der Waals surface area contributed by atoms with Crippen LogP contribution in [0, 0.1) is 6.92 Å². The number of methoxy groups -OCH3 is 1. The molecule has 1 atom stereocenters. The van der Waals surface area contributed by atoms with Gasteiger partial charge in [0.15, 0.2) is 5.82 Å². The first-order valence-electron chi connectivity index (χ1n) is 8.32. The molecule has 1 aromatic carbocycles. The van der Waals surface area contributed by atoms with Crippen LogP contribution in [0.2, 0.25) is 0 Å². The van der Waals surface area contributed by atoms with E-state index in [4.69, 9.17) is 4.74 Å². The maximum absolute atomic E-state index is 5.44. The molecule has 2 heterocycles. The third kappa shape index (κ3) is 3.32. The summed E-state index contributed by atoms with van der Waals surface area (Å²) in [6.45, 7) is 4.11. The van der Waals surface area contributed by atoms with E-state index < -0.39 is 0 Å². The molecular formula is C20H23N3O. The van der Waals surface area contributed by atoms with E-state index in [1.807, 2.05) is 19.2 Å². The van der Waals surface area contributed by atoms with E-state index in [1.165, 1.54) is 11.1 Å². The van der Waals surface area contributed by atoms with Crippen molar-refractivity contribution < 1.29 is 4.74 Å². The fourth-order valence-corrected chi connectivity index (χ4v) is 2.90. The highest BCUT2D eigenvalue weighted by molar-refractivity contribution is 5.56. The van der Waals surface area contributed by atoms with Gasteiger partial charge in [-0.1, -0.05) is 49.8 Å². The van der Waals surface area contributed by atoms with Gasteiger partial charge in [-0.2, -0.15) is 0 Å². The van der Waals surface area contributed by atoms with Crippen molar-refractivity contribution in [2.24, 2.45) is 0 Å². The summed E-state index contributed by atoms with van der Waals surface area (Å²) in [5.74, 6) is 1.27. The van der Waals surface area contributed by atoms with Crippen molar-refractivity contribution in [1.29, 1.82) is 0 Å². The van der Waals surface area contributed by atoms with Crippen molar-refractivity contribution in [3.63, 3.8) is 0 Å². The Morgan fingerprint density at radius 2 is 1.96 bits per heavy atom. The Morgan fingerprint density at radius 3 is 2.67 bits per heavy atom. The summed E-state index contributed by atoms with van der Waals surface area (Å²) in [7, 11) is 1.63. The zero-order valence-electron chi connectivity index (χ0n) is 14.4. The van der Waals surface area contributed by atoms with Gasteiger partial charge in [0.2, 0.25) is 0 Å². The molecule has 3 rings (SSSR count). The number of nitrogens with zero attached hydrogens (tertiary/aromatic N) is 3. The number of allylic oxidation sites excluding steroid dienone is 2. The van der Waals surface area contributed by atoms with E-state index in [0.717, 1.165) is 24.4 Å². The zero-order chi connectivity index (χ0) is 16.9. The first-order chi connectivity index (χ1) is 11.7. The highest BCUT2D eigenvalue weighted by atomic mass is 16.5. The molecule has 4 nitrogen and oxygen atoms in total. The molecule has 1 aliphatic rings. The molecule has 24 heavy (non-hydrogen) atoms. The molecule has 0 bridgehead atoms. The third-order valence-electron chi connectivity index (χ3n) is 4.09. The van der Waals surface area contributed by atoms with E-state index in [9.17, 15) is 0 Å².